The Bertz CT molecular complexity index is 562. The lowest BCUT2D eigenvalue weighted by Gasteiger charge is -2.31. The molecule has 1 amide bonds. The van der Waals surface area contributed by atoms with Crippen molar-refractivity contribution in [2.75, 3.05) is 26.9 Å². The fraction of sp³-hybridized carbons (Fsp3) is 0.529. The largest absolute Gasteiger partial charge is 0.496 e. The molecular weight excluding hydrogens is 314 g/mol. The van der Waals surface area contributed by atoms with Gasteiger partial charge in [0.25, 0.3) is 0 Å². The Hall–Kier alpha value is -2.12. The fourth-order valence-corrected chi connectivity index (χ4v) is 2.67. The minimum absolute atomic E-state index is 0.125. The number of amides is 1. The van der Waals surface area contributed by atoms with Crippen molar-refractivity contribution in [1.82, 2.24) is 5.32 Å². The van der Waals surface area contributed by atoms with Crippen LogP contribution in [0.1, 0.15) is 18.4 Å². The molecule has 7 nitrogen and oxygen atoms in total. The van der Waals surface area contributed by atoms with Crippen LogP contribution in [0.5, 0.6) is 5.75 Å². The molecular formula is C17H23NO6. The van der Waals surface area contributed by atoms with Gasteiger partial charge in [-0.25, -0.2) is 4.79 Å². The summed E-state index contributed by atoms with van der Waals surface area (Å²) in [5, 5.41) is 11.6. The predicted octanol–water partition coefficient (Wildman–Crippen LogP) is 1.00. The molecule has 1 fully saturated rings. The predicted molar refractivity (Wildman–Crippen MR) is 86.1 cm³/mol. The van der Waals surface area contributed by atoms with Crippen molar-refractivity contribution < 1.29 is 28.9 Å². The summed E-state index contributed by atoms with van der Waals surface area (Å²) in [6.45, 7) is 0.445. The maximum atomic E-state index is 12.2. The highest BCUT2D eigenvalue weighted by Crippen LogP contribution is 2.19. The average molecular weight is 337 g/mol. The number of carbonyl (C=O) groups excluding carboxylic acids is 1. The lowest BCUT2D eigenvalue weighted by atomic mass is 10.0. The van der Waals surface area contributed by atoms with Crippen LogP contribution < -0.4 is 10.1 Å². The normalized spacial score (nSPS) is 20.4. The van der Waals surface area contributed by atoms with Crippen molar-refractivity contribution in [3.05, 3.63) is 29.8 Å². The molecule has 132 valence electrons. The van der Waals surface area contributed by atoms with E-state index in [0.717, 1.165) is 11.3 Å². The number of methoxy groups -OCH3 is 1. The number of hydrogen-bond donors (Lipinski definition) is 2. The van der Waals surface area contributed by atoms with Crippen molar-refractivity contribution in [3.63, 3.8) is 0 Å². The number of ether oxygens (including phenoxy) is 3. The maximum Gasteiger partial charge on any atom is 0.329 e. The van der Waals surface area contributed by atoms with E-state index in [4.69, 9.17) is 19.3 Å². The number of aliphatic carboxylic acids is 1. The molecule has 2 N–H and O–H groups in total. The van der Waals surface area contributed by atoms with Gasteiger partial charge in [0, 0.05) is 13.0 Å². The number of para-hydroxylation sites is 1. The van der Waals surface area contributed by atoms with Crippen molar-refractivity contribution in [2.24, 2.45) is 0 Å². The molecule has 0 unspecified atom stereocenters. The topological polar surface area (TPSA) is 94.1 Å². The van der Waals surface area contributed by atoms with E-state index in [0.29, 0.717) is 32.5 Å². The molecule has 24 heavy (non-hydrogen) atoms. The van der Waals surface area contributed by atoms with Crippen LogP contribution in [0.2, 0.25) is 0 Å². The number of hydrogen-bond acceptors (Lipinski definition) is 5. The van der Waals surface area contributed by atoms with E-state index >= 15 is 0 Å². The first-order valence-corrected chi connectivity index (χ1v) is 7.92. The minimum atomic E-state index is -1.03. The van der Waals surface area contributed by atoms with E-state index in [1.165, 1.54) is 0 Å². The molecule has 1 aliphatic rings. The quantitative estimate of drug-likeness (QED) is 0.735. The molecule has 0 radical (unpaired) electrons. The molecule has 1 aromatic carbocycles. The lowest BCUT2D eigenvalue weighted by molar-refractivity contribution is -0.148. The molecule has 0 aliphatic carbocycles. The zero-order valence-corrected chi connectivity index (χ0v) is 13.7. The van der Waals surface area contributed by atoms with Crippen molar-refractivity contribution >= 4 is 11.9 Å². The van der Waals surface area contributed by atoms with E-state index in [-0.39, 0.29) is 24.7 Å². The highest BCUT2D eigenvalue weighted by Gasteiger charge is 2.28. The van der Waals surface area contributed by atoms with Crippen LogP contribution in [0.15, 0.2) is 24.3 Å². The molecule has 0 aromatic heterocycles. The Labute approximate surface area is 140 Å². The molecule has 1 saturated heterocycles. The van der Waals surface area contributed by atoms with E-state index < -0.39 is 5.97 Å². The van der Waals surface area contributed by atoms with Gasteiger partial charge in [0.15, 0.2) is 0 Å². The van der Waals surface area contributed by atoms with Gasteiger partial charge in [0.2, 0.25) is 5.91 Å². The third kappa shape index (κ3) is 5.50. The van der Waals surface area contributed by atoms with Crippen LogP contribution >= 0.6 is 0 Å². The van der Waals surface area contributed by atoms with E-state index in [1.54, 1.807) is 7.11 Å². The first-order chi connectivity index (χ1) is 11.6. The summed E-state index contributed by atoms with van der Waals surface area (Å²) in [5.41, 5.74) is 0.966. The molecule has 1 aliphatic heterocycles. The Morgan fingerprint density at radius 1 is 1.38 bits per heavy atom. The van der Waals surface area contributed by atoms with E-state index in [9.17, 15) is 9.59 Å². The number of carbonyl (C=O) groups is 2. The van der Waals surface area contributed by atoms with Gasteiger partial charge in [-0.3, -0.25) is 4.79 Å². The third-order valence-corrected chi connectivity index (χ3v) is 3.87. The highest BCUT2D eigenvalue weighted by atomic mass is 16.5. The first-order valence-electron chi connectivity index (χ1n) is 7.92. The second kappa shape index (κ2) is 9.24. The van der Waals surface area contributed by atoms with E-state index in [1.807, 2.05) is 24.3 Å². The standard InChI is InChI=1S/C17H23NO6/c1-22-14-5-3-2-4-12(14)6-7-16(19)18-13-10-23-9-8-15(13)24-11-17(20)21/h2-5,13,15H,6-11H2,1H3,(H,18,19)(H,20,21)/t13-,15+/m1/s1. The summed E-state index contributed by atoms with van der Waals surface area (Å²) in [7, 11) is 1.60. The van der Waals surface area contributed by atoms with E-state index in [2.05, 4.69) is 5.32 Å². The summed E-state index contributed by atoms with van der Waals surface area (Å²) >= 11 is 0. The van der Waals surface area contributed by atoms with Gasteiger partial charge < -0.3 is 24.6 Å². The van der Waals surface area contributed by atoms with Gasteiger partial charge in [0.1, 0.15) is 12.4 Å². The van der Waals surface area contributed by atoms with Gasteiger partial charge in [-0.2, -0.15) is 0 Å². The van der Waals surface area contributed by atoms with Gasteiger partial charge >= 0.3 is 5.97 Å². The molecule has 0 spiro atoms. The third-order valence-electron chi connectivity index (χ3n) is 3.87. The fourth-order valence-electron chi connectivity index (χ4n) is 2.67. The molecule has 2 rings (SSSR count). The smallest absolute Gasteiger partial charge is 0.329 e. The molecule has 0 saturated carbocycles. The lowest BCUT2D eigenvalue weighted by Crippen LogP contribution is -2.51. The van der Waals surface area contributed by atoms with Crippen molar-refractivity contribution in [2.45, 2.75) is 31.4 Å². The number of carboxylic acids is 1. The average Bonchev–Trinajstić information content (AvgIpc) is 2.59. The number of aryl methyl sites for hydroxylation is 1. The Balaban J connectivity index is 1.84. The molecule has 1 aromatic rings. The molecule has 0 bridgehead atoms. The van der Waals surface area contributed by atoms with Crippen LogP contribution in [0, 0.1) is 0 Å². The Morgan fingerprint density at radius 3 is 2.92 bits per heavy atom. The van der Waals surface area contributed by atoms with Crippen LogP contribution in [0.3, 0.4) is 0 Å². The first kappa shape index (κ1) is 18.2. The minimum Gasteiger partial charge on any atom is -0.496 e. The summed E-state index contributed by atoms with van der Waals surface area (Å²) in [6, 6.07) is 7.24. The SMILES string of the molecule is COc1ccccc1CCC(=O)N[C@@H]1COCC[C@@H]1OCC(=O)O. The monoisotopic (exact) mass is 337 g/mol. The van der Waals surface area contributed by atoms with Gasteiger partial charge in [0.05, 0.1) is 25.9 Å². The molecule has 7 heteroatoms. The zero-order valence-electron chi connectivity index (χ0n) is 13.7. The zero-order chi connectivity index (χ0) is 17.4. The number of carboxylic acid groups (broad SMARTS) is 1. The van der Waals surface area contributed by atoms with Crippen LogP contribution in [-0.2, 0) is 25.5 Å². The van der Waals surface area contributed by atoms with Gasteiger partial charge in [-0.15, -0.1) is 0 Å². The maximum absolute atomic E-state index is 12.2. The molecule has 2 atom stereocenters. The number of benzene rings is 1. The summed E-state index contributed by atoms with van der Waals surface area (Å²) in [5.74, 6) is -0.392. The van der Waals surface area contributed by atoms with Crippen molar-refractivity contribution in [1.29, 1.82) is 0 Å². The molecule has 1 heterocycles. The number of rotatable bonds is 8. The second-order valence-corrected chi connectivity index (χ2v) is 5.59. The van der Waals surface area contributed by atoms with Crippen molar-refractivity contribution in [3.8, 4) is 5.75 Å². The van der Waals surface area contributed by atoms with Crippen LogP contribution in [0.25, 0.3) is 0 Å². The van der Waals surface area contributed by atoms with Crippen LogP contribution in [-0.4, -0.2) is 56.1 Å². The summed E-state index contributed by atoms with van der Waals surface area (Å²) < 4.78 is 16.0. The Morgan fingerprint density at radius 2 is 2.17 bits per heavy atom. The summed E-state index contributed by atoms with van der Waals surface area (Å²) in [4.78, 5) is 22.8. The Kier molecular flexibility index (Phi) is 7.02. The second-order valence-electron chi connectivity index (χ2n) is 5.59. The van der Waals surface area contributed by atoms with Gasteiger partial charge in [-0.1, -0.05) is 18.2 Å². The highest BCUT2D eigenvalue weighted by molar-refractivity contribution is 5.76. The number of nitrogens with one attached hydrogen (secondary N) is 1. The van der Waals surface area contributed by atoms with Crippen LogP contribution in [0.4, 0.5) is 0 Å². The summed E-state index contributed by atoms with van der Waals surface area (Å²) in [6.07, 6.45) is 1.09. The van der Waals surface area contributed by atoms with Gasteiger partial charge in [-0.05, 0) is 24.5 Å².